The standard InChI is InChI=1S/C14H24N4O2/c1-17-9-8-16-13(17)11-18(2)14(19)5-10-20-12-3-6-15-7-4-12/h8-9,12,15H,3-7,10-11H2,1-2H3. The Kier molecular flexibility index (Phi) is 5.55. The predicted molar refractivity (Wildman–Crippen MR) is 76.1 cm³/mol. The number of aromatic nitrogens is 2. The van der Waals surface area contributed by atoms with Gasteiger partial charge in [0, 0.05) is 26.5 Å². The maximum Gasteiger partial charge on any atom is 0.225 e. The van der Waals surface area contributed by atoms with E-state index in [1.54, 1.807) is 11.1 Å². The van der Waals surface area contributed by atoms with E-state index in [0.29, 0.717) is 25.7 Å². The molecule has 0 bridgehead atoms. The summed E-state index contributed by atoms with van der Waals surface area (Å²) < 4.78 is 7.68. The number of aryl methyl sites for hydroxylation is 1. The largest absolute Gasteiger partial charge is 0.378 e. The van der Waals surface area contributed by atoms with Gasteiger partial charge in [0.05, 0.1) is 25.7 Å². The Morgan fingerprint density at radius 1 is 1.55 bits per heavy atom. The minimum absolute atomic E-state index is 0.0990. The Balaban J connectivity index is 1.67. The van der Waals surface area contributed by atoms with E-state index < -0.39 is 0 Å². The number of piperidine rings is 1. The van der Waals surface area contributed by atoms with Gasteiger partial charge >= 0.3 is 0 Å². The van der Waals surface area contributed by atoms with Gasteiger partial charge < -0.3 is 19.5 Å². The number of imidazole rings is 1. The Bertz CT molecular complexity index is 427. The van der Waals surface area contributed by atoms with E-state index in [1.807, 2.05) is 24.9 Å². The third-order valence-electron chi connectivity index (χ3n) is 3.68. The first-order chi connectivity index (χ1) is 9.66. The SMILES string of the molecule is CN(Cc1nccn1C)C(=O)CCOC1CCNCC1. The van der Waals surface area contributed by atoms with Crippen molar-refractivity contribution >= 4 is 5.91 Å². The van der Waals surface area contributed by atoms with Gasteiger partial charge in [-0.15, -0.1) is 0 Å². The molecule has 0 saturated carbocycles. The average molecular weight is 280 g/mol. The van der Waals surface area contributed by atoms with Gasteiger partial charge in [0.15, 0.2) is 0 Å². The zero-order valence-electron chi connectivity index (χ0n) is 12.3. The molecule has 1 aromatic rings. The zero-order chi connectivity index (χ0) is 14.4. The highest BCUT2D eigenvalue weighted by molar-refractivity contribution is 5.75. The first-order valence-electron chi connectivity index (χ1n) is 7.19. The molecule has 1 saturated heterocycles. The lowest BCUT2D eigenvalue weighted by molar-refractivity contribution is -0.132. The van der Waals surface area contributed by atoms with Crippen molar-refractivity contribution in [3.63, 3.8) is 0 Å². The van der Waals surface area contributed by atoms with Crippen molar-refractivity contribution in [2.45, 2.75) is 31.9 Å². The van der Waals surface area contributed by atoms with E-state index in [9.17, 15) is 4.79 Å². The number of amides is 1. The molecule has 1 N–H and O–H groups in total. The number of hydrogen-bond donors (Lipinski definition) is 1. The number of ether oxygens (including phenoxy) is 1. The molecule has 0 atom stereocenters. The van der Waals surface area contributed by atoms with Crippen LogP contribution in [0.5, 0.6) is 0 Å². The van der Waals surface area contributed by atoms with Gasteiger partial charge in [-0.2, -0.15) is 0 Å². The molecule has 0 radical (unpaired) electrons. The first-order valence-corrected chi connectivity index (χ1v) is 7.19. The Morgan fingerprint density at radius 2 is 2.30 bits per heavy atom. The number of carbonyl (C=O) groups is 1. The lowest BCUT2D eigenvalue weighted by Crippen LogP contribution is -2.33. The molecule has 0 aliphatic carbocycles. The second-order valence-electron chi connectivity index (χ2n) is 5.27. The van der Waals surface area contributed by atoms with Crippen molar-refractivity contribution in [2.24, 2.45) is 7.05 Å². The number of nitrogens with zero attached hydrogens (tertiary/aromatic N) is 3. The molecule has 6 heteroatoms. The molecule has 1 aliphatic heterocycles. The molecule has 1 amide bonds. The van der Waals surface area contributed by atoms with Crippen LogP contribution in [-0.4, -0.2) is 53.2 Å². The highest BCUT2D eigenvalue weighted by Crippen LogP contribution is 2.08. The fraction of sp³-hybridized carbons (Fsp3) is 0.714. The van der Waals surface area contributed by atoms with Crippen LogP contribution in [0.1, 0.15) is 25.1 Å². The van der Waals surface area contributed by atoms with Crippen molar-refractivity contribution in [3.8, 4) is 0 Å². The smallest absolute Gasteiger partial charge is 0.225 e. The van der Waals surface area contributed by atoms with Gasteiger partial charge in [-0.1, -0.05) is 0 Å². The van der Waals surface area contributed by atoms with Crippen LogP contribution in [0.3, 0.4) is 0 Å². The highest BCUT2D eigenvalue weighted by atomic mass is 16.5. The Morgan fingerprint density at radius 3 is 2.95 bits per heavy atom. The van der Waals surface area contributed by atoms with Crippen molar-refractivity contribution in [2.75, 3.05) is 26.7 Å². The molecule has 0 spiro atoms. The van der Waals surface area contributed by atoms with E-state index in [0.717, 1.165) is 31.8 Å². The molecule has 2 heterocycles. The van der Waals surface area contributed by atoms with E-state index in [2.05, 4.69) is 10.3 Å². The average Bonchev–Trinajstić information content (AvgIpc) is 2.85. The summed E-state index contributed by atoms with van der Waals surface area (Å²) in [6.45, 7) is 3.07. The maximum absolute atomic E-state index is 12.0. The van der Waals surface area contributed by atoms with Crippen LogP contribution in [0.4, 0.5) is 0 Å². The number of carbonyl (C=O) groups excluding carboxylic acids is 1. The minimum Gasteiger partial charge on any atom is -0.378 e. The topological polar surface area (TPSA) is 59.4 Å². The summed E-state index contributed by atoms with van der Waals surface area (Å²) in [4.78, 5) is 17.9. The minimum atomic E-state index is 0.0990. The van der Waals surface area contributed by atoms with Crippen molar-refractivity contribution < 1.29 is 9.53 Å². The van der Waals surface area contributed by atoms with Crippen LogP contribution in [0.15, 0.2) is 12.4 Å². The summed E-state index contributed by atoms with van der Waals surface area (Å²) in [5, 5.41) is 3.30. The summed E-state index contributed by atoms with van der Waals surface area (Å²) in [6, 6.07) is 0. The summed E-state index contributed by atoms with van der Waals surface area (Å²) in [6.07, 6.45) is 6.45. The molecule has 1 fully saturated rings. The summed E-state index contributed by atoms with van der Waals surface area (Å²) in [7, 11) is 3.74. The fourth-order valence-electron chi connectivity index (χ4n) is 2.32. The molecule has 20 heavy (non-hydrogen) atoms. The van der Waals surface area contributed by atoms with Gasteiger partial charge in [-0.05, 0) is 25.9 Å². The van der Waals surface area contributed by atoms with E-state index in [1.165, 1.54) is 0 Å². The van der Waals surface area contributed by atoms with Gasteiger partial charge in [-0.3, -0.25) is 4.79 Å². The molecule has 0 aromatic carbocycles. The fourth-order valence-corrected chi connectivity index (χ4v) is 2.32. The van der Waals surface area contributed by atoms with Crippen LogP contribution in [0.25, 0.3) is 0 Å². The number of rotatable bonds is 6. The van der Waals surface area contributed by atoms with Gasteiger partial charge in [0.2, 0.25) is 5.91 Å². The van der Waals surface area contributed by atoms with Crippen molar-refractivity contribution in [3.05, 3.63) is 18.2 Å². The van der Waals surface area contributed by atoms with Gasteiger partial charge in [0.1, 0.15) is 5.82 Å². The first kappa shape index (κ1) is 15.0. The highest BCUT2D eigenvalue weighted by Gasteiger charge is 2.15. The van der Waals surface area contributed by atoms with Crippen LogP contribution in [0, 0.1) is 0 Å². The van der Waals surface area contributed by atoms with Crippen molar-refractivity contribution in [1.82, 2.24) is 19.8 Å². The molecular weight excluding hydrogens is 256 g/mol. The predicted octanol–water partition coefficient (Wildman–Crippen LogP) is 0.537. The second-order valence-corrected chi connectivity index (χ2v) is 5.27. The lowest BCUT2D eigenvalue weighted by atomic mass is 10.1. The summed E-state index contributed by atoms with van der Waals surface area (Å²) >= 11 is 0. The number of nitrogens with one attached hydrogen (secondary N) is 1. The van der Waals surface area contributed by atoms with Crippen LogP contribution >= 0.6 is 0 Å². The molecule has 112 valence electrons. The molecule has 0 unspecified atom stereocenters. The molecule has 2 rings (SSSR count). The normalized spacial score (nSPS) is 16.3. The third-order valence-corrected chi connectivity index (χ3v) is 3.68. The van der Waals surface area contributed by atoms with E-state index >= 15 is 0 Å². The van der Waals surface area contributed by atoms with Crippen LogP contribution < -0.4 is 5.32 Å². The Hall–Kier alpha value is -1.40. The lowest BCUT2D eigenvalue weighted by Gasteiger charge is -2.23. The number of hydrogen-bond acceptors (Lipinski definition) is 4. The van der Waals surface area contributed by atoms with Crippen molar-refractivity contribution in [1.29, 1.82) is 0 Å². The Labute approximate surface area is 120 Å². The van der Waals surface area contributed by atoms with Gasteiger partial charge in [0.25, 0.3) is 0 Å². The van der Waals surface area contributed by atoms with Gasteiger partial charge in [-0.25, -0.2) is 4.98 Å². The van der Waals surface area contributed by atoms with Crippen LogP contribution in [0.2, 0.25) is 0 Å². The van der Waals surface area contributed by atoms with Crippen LogP contribution in [-0.2, 0) is 23.1 Å². The van der Waals surface area contributed by atoms with E-state index in [4.69, 9.17) is 4.74 Å². The quantitative estimate of drug-likeness (QED) is 0.826. The second kappa shape index (κ2) is 7.40. The molecule has 1 aromatic heterocycles. The summed E-state index contributed by atoms with van der Waals surface area (Å²) in [5.74, 6) is 0.988. The molecular formula is C14H24N4O2. The molecule has 1 aliphatic rings. The van der Waals surface area contributed by atoms with E-state index in [-0.39, 0.29) is 5.91 Å². The summed E-state index contributed by atoms with van der Waals surface area (Å²) in [5.41, 5.74) is 0. The third kappa shape index (κ3) is 4.31. The maximum atomic E-state index is 12.0. The molecule has 6 nitrogen and oxygen atoms in total. The zero-order valence-corrected chi connectivity index (χ0v) is 12.3. The monoisotopic (exact) mass is 280 g/mol.